The van der Waals surface area contributed by atoms with Crippen LogP contribution in [0.3, 0.4) is 0 Å². The van der Waals surface area contributed by atoms with E-state index in [0.717, 1.165) is 35.5 Å². The Balaban J connectivity index is 0.00000109. The zero-order valence-corrected chi connectivity index (χ0v) is 52.5. The number of benzene rings is 5. The first-order chi connectivity index (χ1) is 36.9. The van der Waals surface area contributed by atoms with Gasteiger partial charge in [-0.3, -0.25) is 4.79 Å². The first-order valence-corrected chi connectivity index (χ1v) is 29.2. The Morgan fingerprint density at radius 1 is 0.562 bits per heavy atom. The van der Waals surface area contributed by atoms with Crippen LogP contribution >= 0.6 is 12.4 Å². The van der Waals surface area contributed by atoms with Crippen molar-refractivity contribution in [1.29, 1.82) is 0 Å². The fourth-order valence-electron chi connectivity index (χ4n) is 11.5. The number of rotatable bonds is 17. The number of halogens is 1. The van der Waals surface area contributed by atoms with Gasteiger partial charge in [0.25, 0.3) is 0 Å². The Morgan fingerprint density at radius 2 is 0.875 bits per heavy atom. The summed E-state index contributed by atoms with van der Waals surface area (Å²) in [5.74, 6) is 3.05. The lowest BCUT2D eigenvalue weighted by Gasteiger charge is -2.30. The van der Waals surface area contributed by atoms with Gasteiger partial charge in [-0.05, 0) is 147 Å². The highest BCUT2D eigenvalue weighted by Gasteiger charge is 2.36. The molecule has 2 saturated carbocycles. The number of hydrogen-bond donors (Lipinski definition) is 2. The van der Waals surface area contributed by atoms with E-state index in [2.05, 4.69) is 211 Å². The third-order valence-corrected chi connectivity index (χ3v) is 16.2. The predicted molar refractivity (Wildman–Crippen MR) is 357 cm³/mol. The summed E-state index contributed by atoms with van der Waals surface area (Å²) in [6.45, 7) is 29.1. The number of carbonyl (C=O) groups excluding carboxylic acids is 2. The second-order valence-electron chi connectivity index (χ2n) is 24.0. The maximum absolute atomic E-state index is 13.2. The summed E-state index contributed by atoms with van der Waals surface area (Å²) < 4.78 is 6.21. The van der Waals surface area contributed by atoms with Crippen molar-refractivity contribution in [3.8, 4) is 0 Å². The van der Waals surface area contributed by atoms with Crippen LogP contribution in [0.4, 0.5) is 22.7 Å². The Kier molecular flexibility index (Phi) is 33.0. The van der Waals surface area contributed by atoms with E-state index in [0.29, 0.717) is 61.0 Å². The van der Waals surface area contributed by atoms with Crippen molar-refractivity contribution >= 4 is 47.0 Å². The number of Topliss-reactive ketones (excluding diaryl/α,β-unsaturated/α-hetero) is 1. The number of nitrogens with two attached hydrogens (primary N) is 2. The molecule has 0 amide bonds. The molecule has 5 aromatic rings. The van der Waals surface area contributed by atoms with Gasteiger partial charge in [-0.1, -0.05) is 216 Å². The largest absolute Gasteiger partial charge is 0.398 e. The Bertz CT molecular complexity index is 2520. The quantitative estimate of drug-likeness (QED) is 0.0546. The molecule has 0 aromatic heterocycles. The molecule has 0 aliphatic heterocycles. The number of carbonyl (C=O) groups is 1. The Morgan fingerprint density at radius 3 is 1.19 bits per heavy atom. The fourth-order valence-corrected chi connectivity index (χ4v) is 11.5. The van der Waals surface area contributed by atoms with Gasteiger partial charge in [0.1, 0.15) is 5.78 Å². The molecule has 80 heavy (non-hydrogen) atoms. The Hall–Kier alpha value is -5.20. The molecule has 2 aliphatic rings. The third-order valence-electron chi connectivity index (χ3n) is 16.2. The maximum atomic E-state index is 13.2. The molecule has 0 heterocycles. The molecular formula is C72H114ClN5O2. The van der Waals surface area contributed by atoms with Crippen LogP contribution in [-0.2, 0) is 26.8 Å². The second-order valence-corrected chi connectivity index (χ2v) is 24.0. The van der Waals surface area contributed by atoms with E-state index < -0.39 is 0 Å². The summed E-state index contributed by atoms with van der Waals surface area (Å²) in [6, 6.07) is 36.9. The molecule has 0 saturated heterocycles. The van der Waals surface area contributed by atoms with Crippen molar-refractivity contribution in [3.05, 3.63) is 153 Å². The second kappa shape index (κ2) is 36.3. The average molecular weight is 1120 g/mol. The van der Waals surface area contributed by atoms with Gasteiger partial charge in [0.05, 0.1) is 5.69 Å². The summed E-state index contributed by atoms with van der Waals surface area (Å²) in [5, 5.41) is 0. The zero-order chi connectivity index (χ0) is 58.3. The smallest absolute Gasteiger partial charge is 0.240 e. The van der Waals surface area contributed by atoms with Crippen LogP contribution in [0.2, 0.25) is 0 Å². The molecule has 0 radical (unpaired) electrons. The SMILES string of the molecule is C.C.CC(C)c1cccc(C(C)C)c1CC(=O)CCC1(c2ccc(N(C)C)cc2)CCCC1.CC(C)c1cccc(C(C)C)c1N.CC(C)c1cccc(C(C)C)c1N=C=O.CN(C)c1ccc(C2(CN)CCCC2)cc1.Cl.[2H]CC. The predicted octanol–water partition coefficient (Wildman–Crippen LogP) is 20.1. The molecule has 446 valence electrons. The summed E-state index contributed by atoms with van der Waals surface area (Å²) in [4.78, 5) is 31.8. The van der Waals surface area contributed by atoms with Gasteiger partial charge in [-0.15, -0.1) is 12.4 Å². The van der Waals surface area contributed by atoms with Crippen molar-refractivity contribution in [2.75, 3.05) is 50.3 Å². The number of anilines is 3. The molecule has 8 heteroatoms. The monoisotopic (exact) mass is 1120 g/mol. The third kappa shape index (κ3) is 20.7. The molecule has 0 unspecified atom stereocenters. The van der Waals surface area contributed by atoms with Gasteiger partial charge in [0, 0.05) is 71.4 Å². The van der Waals surface area contributed by atoms with Crippen LogP contribution in [0.15, 0.2) is 108 Å². The normalized spacial score (nSPS) is 13.8. The highest BCUT2D eigenvalue weighted by atomic mass is 35.5. The summed E-state index contributed by atoms with van der Waals surface area (Å²) in [5.41, 5.74) is 28.4. The molecule has 7 rings (SSSR count). The first kappa shape index (κ1) is 72.8. The first-order valence-electron chi connectivity index (χ1n) is 29.9. The maximum Gasteiger partial charge on any atom is 0.240 e. The Labute approximate surface area is 498 Å². The van der Waals surface area contributed by atoms with Gasteiger partial charge in [0.15, 0.2) is 0 Å². The van der Waals surface area contributed by atoms with Crippen LogP contribution in [0.1, 0.15) is 263 Å². The molecule has 7 nitrogen and oxygen atoms in total. The topological polar surface area (TPSA) is 105 Å². The molecule has 0 spiro atoms. The molecule has 2 aliphatic carbocycles. The van der Waals surface area contributed by atoms with E-state index >= 15 is 0 Å². The molecule has 4 N–H and O–H groups in total. The van der Waals surface area contributed by atoms with Crippen molar-refractivity contribution in [2.24, 2.45) is 10.7 Å². The van der Waals surface area contributed by atoms with Crippen LogP contribution in [0, 0.1) is 0 Å². The highest BCUT2D eigenvalue weighted by Crippen LogP contribution is 2.46. The van der Waals surface area contributed by atoms with Crippen LogP contribution in [0.5, 0.6) is 0 Å². The van der Waals surface area contributed by atoms with Crippen LogP contribution in [-0.4, -0.2) is 46.6 Å². The molecule has 5 aromatic carbocycles. The van der Waals surface area contributed by atoms with E-state index in [-0.39, 0.29) is 38.1 Å². The van der Waals surface area contributed by atoms with E-state index in [4.69, 9.17) is 12.8 Å². The summed E-state index contributed by atoms with van der Waals surface area (Å²) >= 11 is 0. The number of ketones is 1. The number of nitrogen functional groups attached to an aromatic ring is 1. The van der Waals surface area contributed by atoms with Crippen molar-refractivity contribution in [2.45, 2.75) is 229 Å². The summed E-state index contributed by atoms with van der Waals surface area (Å²) in [6.07, 6.45) is 14.0. The lowest BCUT2D eigenvalue weighted by Crippen LogP contribution is -2.31. The lowest BCUT2D eigenvalue weighted by molar-refractivity contribution is -0.118. The van der Waals surface area contributed by atoms with E-state index in [1.807, 2.05) is 18.2 Å². The summed E-state index contributed by atoms with van der Waals surface area (Å²) in [7, 11) is 8.31. The van der Waals surface area contributed by atoms with E-state index in [9.17, 15) is 9.59 Å². The lowest BCUT2D eigenvalue weighted by atomic mass is 9.74. The van der Waals surface area contributed by atoms with Gasteiger partial charge >= 0.3 is 0 Å². The van der Waals surface area contributed by atoms with Crippen molar-refractivity contribution in [3.63, 3.8) is 0 Å². The molecular weight excluding hydrogens is 1000 g/mol. The van der Waals surface area contributed by atoms with Crippen molar-refractivity contribution < 1.29 is 11.0 Å². The zero-order valence-electron chi connectivity index (χ0n) is 52.7. The number of aliphatic imine (C=N–C) groups is 1. The van der Waals surface area contributed by atoms with E-state index in [1.165, 1.54) is 102 Å². The van der Waals surface area contributed by atoms with E-state index in [1.54, 1.807) is 13.0 Å². The molecule has 0 atom stereocenters. The van der Waals surface area contributed by atoms with Gasteiger partial charge in [-0.2, -0.15) is 4.99 Å². The highest BCUT2D eigenvalue weighted by molar-refractivity contribution is 5.85. The number of hydrogen-bond acceptors (Lipinski definition) is 7. The van der Waals surface area contributed by atoms with Crippen LogP contribution < -0.4 is 21.3 Å². The standard InChI is InChI=1S/C29H41NO.C14H22N2.C13H17NO.C12H19N.C2H6.2CH4.ClH/c1-21(2)26-10-9-11-27(22(3)4)28(26)20-25(31)16-19-29(17-7-8-18-29)23-12-14-24(15-13-23)30(5)6;1-16(2)13-7-5-12(6-8-13)14(11-15)9-3-4-10-14;1-9(2)11-6-5-7-12(10(3)4)13(11)14-8-15;1-8(2)10-6-5-7-11(9(3)4)12(10)13;1-2;;;/h9-15,21-22H,7-8,16-20H2,1-6H3;5-8H,3-4,9-11,15H2,1-2H3;5-7,9-10H,1-4H3;5-9H,13H2,1-4H3;1-2H3;2*1H4;1H/i;;;;1D;;;. The van der Waals surface area contributed by atoms with Gasteiger partial charge in [0.2, 0.25) is 6.08 Å². The fraction of sp³-hybridized carbons (Fsp3) is 0.556. The van der Waals surface area contributed by atoms with Crippen LogP contribution in [0.25, 0.3) is 0 Å². The molecule has 0 bridgehead atoms. The number of nitrogens with zero attached hydrogens (tertiary/aromatic N) is 3. The molecule has 2 fully saturated rings. The van der Waals surface area contributed by atoms with Crippen molar-refractivity contribution in [1.82, 2.24) is 0 Å². The minimum atomic E-state index is 0. The minimum Gasteiger partial charge on any atom is -0.398 e. The minimum absolute atomic E-state index is 0. The van der Waals surface area contributed by atoms with Gasteiger partial charge < -0.3 is 21.3 Å². The average Bonchev–Trinajstić information content (AvgIpc) is 4.11. The number of para-hydroxylation sites is 2. The van der Waals surface area contributed by atoms with Gasteiger partial charge in [-0.25, -0.2) is 4.79 Å². The number of isocyanates is 1.